The van der Waals surface area contributed by atoms with Gasteiger partial charge in [-0.15, -0.1) is 0 Å². The maximum atomic E-state index is 13.0. The molecule has 4 rings (SSSR count). The Bertz CT molecular complexity index is 933. The zero-order valence-corrected chi connectivity index (χ0v) is 15.8. The van der Waals surface area contributed by atoms with Crippen LogP contribution in [0.25, 0.3) is 0 Å². The number of amides is 1. The molecule has 27 heavy (non-hydrogen) atoms. The van der Waals surface area contributed by atoms with Gasteiger partial charge in [0.25, 0.3) is 5.56 Å². The lowest BCUT2D eigenvalue weighted by atomic mass is 9.78. The summed E-state index contributed by atoms with van der Waals surface area (Å²) in [6.07, 6.45) is 0.879. The molecule has 2 aromatic heterocycles. The van der Waals surface area contributed by atoms with Gasteiger partial charge in [-0.2, -0.15) is 4.98 Å². The number of likely N-dealkylation sites (N-methyl/N-ethyl adjacent to an activating group) is 1. The number of carbonyl (C=O) groups excluding carboxylic acids is 1. The first-order chi connectivity index (χ1) is 12.8. The molecular formula is C19H24N6O2. The van der Waals surface area contributed by atoms with Crippen molar-refractivity contribution in [1.82, 2.24) is 19.4 Å². The minimum absolute atomic E-state index is 0.0303. The van der Waals surface area contributed by atoms with E-state index in [2.05, 4.69) is 14.9 Å². The number of anilines is 2. The third-order valence-corrected chi connectivity index (χ3v) is 5.52. The van der Waals surface area contributed by atoms with Crippen LogP contribution in [0.2, 0.25) is 0 Å². The van der Waals surface area contributed by atoms with Crippen LogP contribution in [-0.4, -0.2) is 52.5 Å². The number of aryl methyl sites for hydroxylation is 1. The fourth-order valence-corrected chi connectivity index (χ4v) is 4.44. The van der Waals surface area contributed by atoms with Gasteiger partial charge >= 0.3 is 0 Å². The summed E-state index contributed by atoms with van der Waals surface area (Å²) in [7, 11) is 3.47. The molecule has 2 N–H and O–H groups in total. The molecular weight excluding hydrogens is 344 g/mol. The molecule has 0 saturated carbocycles. The molecule has 4 heterocycles. The second-order valence-electron chi connectivity index (χ2n) is 7.66. The predicted molar refractivity (Wildman–Crippen MR) is 103 cm³/mol. The van der Waals surface area contributed by atoms with Gasteiger partial charge in [-0.1, -0.05) is 6.07 Å². The Balaban J connectivity index is 1.80. The summed E-state index contributed by atoms with van der Waals surface area (Å²) >= 11 is 0. The fraction of sp³-hybridized carbons (Fsp3) is 0.474. The summed E-state index contributed by atoms with van der Waals surface area (Å²) in [5.74, 6) is 1.17. The van der Waals surface area contributed by atoms with Crippen LogP contribution in [0.5, 0.6) is 0 Å². The van der Waals surface area contributed by atoms with Crippen molar-refractivity contribution in [3.05, 3.63) is 46.0 Å². The van der Waals surface area contributed by atoms with Crippen LogP contribution in [0.4, 0.5) is 11.8 Å². The molecule has 8 heteroatoms. The van der Waals surface area contributed by atoms with Crippen LogP contribution < -0.4 is 16.2 Å². The minimum atomic E-state index is -0.497. The average molecular weight is 368 g/mol. The molecule has 1 saturated heterocycles. The van der Waals surface area contributed by atoms with Gasteiger partial charge < -0.3 is 15.5 Å². The molecule has 2 aliphatic heterocycles. The number of rotatable bonds is 2. The molecule has 1 amide bonds. The van der Waals surface area contributed by atoms with E-state index >= 15 is 0 Å². The Morgan fingerprint density at radius 1 is 1.26 bits per heavy atom. The molecule has 8 nitrogen and oxygen atoms in total. The van der Waals surface area contributed by atoms with Crippen molar-refractivity contribution in [1.29, 1.82) is 0 Å². The number of hydrogen-bond acceptors (Lipinski definition) is 6. The number of pyridine rings is 1. The van der Waals surface area contributed by atoms with E-state index in [4.69, 9.17) is 5.73 Å². The monoisotopic (exact) mass is 368 g/mol. The highest BCUT2D eigenvalue weighted by Crippen LogP contribution is 2.42. The van der Waals surface area contributed by atoms with Crippen molar-refractivity contribution < 1.29 is 4.79 Å². The highest BCUT2D eigenvalue weighted by atomic mass is 16.2. The highest BCUT2D eigenvalue weighted by molar-refractivity contribution is 5.81. The van der Waals surface area contributed by atoms with Crippen LogP contribution >= 0.6 is 0 Å². The largest absolute Gasteiger partial charge is 0.368 e. The maximum Gasteiger partial charge on any atom is 0.251 e. The number of nitrogens with zero attached hydrogens (tertiary/aromatic N) is 5. The second-order valence-corrected chi connectivity index (χ2v) is 7.66. The smallest absolute Gasteiger partial charge is 0.251 e. The number of aromatic nitrogens is 3. The number of nitrogens with two attached hydrogens (primary N) is 1. The number of nitrogen functional groups attached to an aromatic ring is 1. The first-order valence-electron chi connectivity index (χ1n) is 9.14. The molecule has 0 unspecified atom stereocenters. The molecule has 2 aromatic rings. The van der Waals surface area contributed by atoms with Gasteiger partial charge in [-0.05, 0) is 19.4 Å². The van der Waals surface area contributed by atoms with E-state index < -0.39 is 6.04 Å². The standard InChI is InChI=1S/C19H24N6O2/c1-11-7-15(22-19(20)21-11)24-9-12-8-13(10-24)17(18(27)23(2)3)25-14(12)5-4-6-16(25)26/h4-7,12-13,17H,8-10H2,1-3H3,(H2,20,21,22)/t12-,13+,17-/m1/s1. The molecule has 1 fully saturated rings. The summed E-state index contributed by atoms with van der Waals surface area (Å²) in [4.78, 5) is 37.9. The Morgan fingerprint density at radius 2 is 2.04 bits per heavy atom. The molecule has 2 aliphatic rings. The third kappa shape index (κ3) is 2.94. The molecule has 3 atom stereocenters. The lowest BCUT2D eigenvalue weighted by Gasteiger charge is -2.47. The van der Waals surface area contributed by atoms with Gasteiger partial charge in [0.1, 0.15) is 11.9 Å². The first kappa shape index (κ1) is 17.5. The highest BCUT2D eigenvalue weighted by Gasteiger charge is 2.44. The van der Waals surface area contributed by atoms with Crippen LogP contribution in [0.3, 0.4) is 0 Å². The molecule has 142 valence electrons. The van der Waals surface area contributed by atoms with Crippen molar-refractivity contribution in [2.24, 2.45) is 5.92 Å². The predicted octanol–water partition coefficient (Wildman–Crippen LogP) is 0.782. The number of hydrogen-bond donors (Lipinski definition) is 1. The summed E-state index contributed by atoms with van der Waals surface area (Å²) in [5, 5.41) is 0. The maximum absolute atomic E-state index is 13.0. The van der Waals surface area contributed by atoms with Crippen molar-refractivity contribution in [2.75, 3.05) is 37.8 Å². The van der Waals surface area contributed by atoms with Crippen molar-refractivity contribution in [3.8, 4) is 0 Å². The Labute approximate surface area is 157 Å². The van der Waals surface area contributed by atoms with E-state index in [-0.39, 0.29) is 29.3 Å². The van der Waals surface area contributed by atoms with Crippen LogP contribution in [0.15, 0.2) is 29.1 Å². The Morgan fingerprint density at radius 3 is 2.74 bits per heavy atom. The zero-order valence-electron chi connectivity index (χ0n) is 15.8. The summed E-state index contributed by atoms with van der Waals surface area (Å²) in [6.45, 7) is 3.27. The van der Waals surface area contributed by atoms with E-state index in [1.807, 2.05) is 19.1 Å². The van der Waals surface area contributed by atoms with Gasteiger partial charge in [0, 0.05) is 62.5 Å². The average Bonchev–Trinajstić information content (AvgIpc) is 2.61. The van der Waals surface area contributed by atoms with Gasteiger partial charge in [-0.3, -0.25) is 14.2 Å². The summed E-state index contributed by atoms with van der Waals surface area (Å²) in [5.41, 5.74) is 7.46. The van der Waals surface area contributed by atoms with Gasteiger partial charge in [0.15, 0.2) is 0 Å². The van der Waals surface area contributed by atoms with Gasteiger partial charge in [-0.25, -0.2) is 4.98 Å². The van der Waals surface area contributed by atoms with Crippen LogP contribution in [0, 0.1) is 12.8 Å². The molecule has 2 bridgehead atoms. The molecule has 0 spiro atoms. The normalized spacial score (nSPS) is 23.7. The van der Waals surface area contributed by atoms with Gasteiger partial charge in [0.05, 0.1) is 0 Å². The summed E-state index contributed by atoms with van der Waals surface area (Å²) in [6, 6.07) is 6.69. The third-order valence-electron chi connectivity index (χ3n) is 5.52. The number of piperidine rings is 1. The van der Waals surface area contributed by atoms with Crippen LogP contribution in [0.1, 0.15) is 29.8 Å². The van der Waals surface area contributed by atoms with Crippen LogP contribution in [-0.2, 0) is 4.79 Å². The quantitative estimate of drug-likeness (QED) is 0.841. The van der Waals surface area contributed by atoms with E-state index in [9.17, 15) is 9.59 Å². The Kier molecular flexibility index (Phi) is 4.13. The van der Waals surface area contributed by atoms with E-state index in [1.54, 1.807) is 29.6 Å². The van der Waals surface area contributed by atoms with Crippen molar-refractivity contribution in [3.63, 3.8) is 0 Å². The van der Waals surface area contributed by atoms with Gasteiger partial charge in [0.2, 0.25) is 11.9 Å². The lowest BCUT2D eigenvalue weighted by Crippen LogP contribution is -2.53. The Hall–Kier alpha value is -2.90. The van der Waals surface area contributed by atoms with E-state index in [0.717, 1.165) is 30.2 Å². The SMILES string of the molecule is Cc1cc(N2C[C@H]3C[C@@H](C2)[C@H](C(=O)N(C)C)n2c3cccc2=O)nc(N)n1. The number of carbonyl (C=O) groups is 1. The van der Waals surface area contributed by atoms with E-state index in [1.165, 1.54) is 6.07 Å². The molecule has 0 aliphatic carbocycles. The zero-order chi connectivity index (χ0) is 19.3. The topological polar surface area (TPSA) is 97.4 Å². The molecule has 0 radical (unpaired) electrons. The first-order valence-corrected chi connectivity index (χ1v) is 9.14. The second kappa shape index (κ2) is 6.37. The minimum Gasteiger partial charge on any atom is -0.368 e. The van der Waals surface area contributed by atoms with Crippen molar-refractivity contribution in [2.45, 2.75) is 25.3 Å². The van der Waals surface area contributed by atoms with Crippen molar-refractivity contribution >= 4 is 17.7 Å². The molecule has 0 aromatic carbocycles. The lowest BCUT2D eigenvalue weighted by molar-refractivity contribution is -0.134. The van der Waals surface area contributed by atoms with E-state index in [0.29, 0.717) is 6.54 Å². The summed E-state index contributed by atoms with van der Waals surface area (Å²) < 4.78 is 1.71. The number of fused-ring (bicyclic) bond motifs is 4. The fourth-order valence-electron chi connectivity index (χ4n) is 4.44.